The molecule has 0 saturated heterocycles. The van der Waals surface area contributed by atoms with E-state index in [-0.39, 0.29) is 0 Å². The van der Waals surface area contributed by atoms with Gasteiger partial charge < -0.3 is 0 Å². The van der Waals surface area contributed by atoms with Crippen molar-refractivity contribution in [2.45, 2.75) is 39.7 Å². The van der Waals surface area contributed by atoms with Crippen molar-refractivity contribution in [3.63, 3.8) is 0 Å². The first-order valence-corrected chi connectivity index (χ1v) is 3.29. The van der Waals surface area contributed by atoms with Gasteiger partial charge in [-0.2, -0.15) is 0 Å². The number of aliphatic imine (C=N–C) groups is 1. The molecule has 1 nitrogen and oxygen atoms in total. The van der Waals surface area contributed by atoms with Crippen LogP contribution in [0.3, 0.4) is 0 Å². The SMILES string of the molecule is CCC/C=N/C(C)C. The highest BCUT2D eigenvalue weighted by Gasteiger charge is 1.80. The number of nitrogens with zero attached hydrogens (tertiary/aromatic N) is 1. The van der Waals surface area contributed by atoms with Gasteiger partial charge in [-0.15, -0.1) is 0 Å². The van der Waals surface area contributed by atoms with Gasteiger partial charge in [0.2, 0.25) is 0 Å². The van der Waals surface area contributed by atoms with Gasteiger partial charge in [-0.25, -0.2) is 0 Å². The summed E-state index contributed by atoms with van der Waals surface area (Å²) in [6, 6.07) is 0.474. The molecule has 0 atom stereocenters. The van der Waals surface area contributed by atoms with E-state index in [9.17, 15) is 0 Å². The lowest BCUT2D eigenvalue weighted by molar-refractivity contribution is 0.832. The van der Waals surface area contributed by atoms with Gasteiger partial charge in [0, 0.05) is 6.04 Å². The van der Waals surface area contributed by atoms with Crippen molar-refractivity contribution < 1.29 is 0 Å². The Kier molecular flexibility index (Phi) is 4.62. The topological polar surface area (TPSA) is 12.4 Å². The summed E-state index contributed by atoms with van der Waals surface area (Å²) >= 11 is 0. The van der Waals surface area contributed by atoms with Crippen molar-refractivity contribution >= 4 is 6.21 Å². The zero-order valence-corrected chi connectivity index (χ0v) is 6.02. The molecule has 0 heterocycles. The lowest BCUT2D eigenvalue weighted by Crippen LogP contribution is -1.87. The molecule has 0 aliphatic heterocycles. The van der Waals surface area contributed by atoms with E-state index in [1.54, 1.807) is 0 Å². The average molecular weight is 113 g/mol. The van der Waals surface area contributed by atoms with Crippen molar-refractivity contribution in [2.24, 2.45) is 4.99 Å². The molecular weight excluding hydrogens is 98.1 g/mol. The lowest BCUT2D eigenvalue weighted by atomic mass is 10.3. The molecule has 0 aromatic carbocycles. The van der Waals surface area contributed by atoms with E-state index in [2.05, 4.69) is 25.8 Å². The van der Waals surface area contributed by atoms with Crippen LogP contribution in [0, 0.1) is 0 Å². The Morgan fingerprint density at radius 2 is 2.12 bits per heavy atom. The van der Waals surface area contributed by atoms with Gasteiger partial charge in [0.05, 0.1) is 0 Å². The Hall–Kier alpha value is -0.330. The first-order chi connectivity index (χ1) is 3.77. The van der Waals surface area contributed by atoms with E-state index in [1.165, 1.54) is 6.42 Å². The van der Waals surface area contributed by atoms with E-state index >= 15 is 0 Å². The molecular formula is C7H15N. The molecule has 0 amide bonds. The van der Waals surface area contributed by atoms with Crippen molar-refractivity contribution in [2.75, 3.05) is 0 Å². The molecule has 0 saturated carbocycles. The van der Waals surface area contributed by atoms with Gasteiger partial charge in [-0.3, -0.25) is 4.99 Å². The van der Waals surface area contributed by atoms with E-state index in [4.69, 9.17) is 0 Å². The number of hydrogen-bond acceptors (Lipinski definition) is 1. The Labute approximate surface area is 51.8 Å². The maximum absolute atomic E-state index is 4.19. The van der Waals surface area contributed by atoms with Crippen LogP contribution >= 0.6 is 0 Å². The normalized spacial score (nSPS) is 11.5. The van der Waals surface area contributed by atoms with Gasteiger partial charge in [-0.1, -0.05) is 13.3 Å². The second kappa shape index (κ2) is 4.82. The first kappa shape index (κ1) is 7.67. The standard InChI is InChI=1S/C7H15N/c1-4-5-6-8-7(2)3/h6-7H,4-5H2,1-3H3/b8-6+. The fourth-order valence-corrected chi connectivity index (χ4v) is 0.414. The monoisotopic (exact) mass is 113 g/mol. The molecule has 1 heteroatoms. The Morgan fingerprint density at radius 1 is 1.50 bits per heavy atom. The summed E-state index contributed by atoms with van der Waals surface area (Å²) in [4.78, 5) is 4.19. The van der Waals surface area contributed by atoms with Gasteiger partial charge in [0.25, 0.3) is 0 Å². The van der Waals surface area contributed by atoms with E-state index in [0.717, 1.165) is 6.42 Å². The molecule has 0 radical (unpaired) electrons. The number of unbranched alkanes of at least 4 members (excludes halogenated alkanes) is 1. The summed E-state index contributed by atoms with van der Waals surface area (Å²) in [7, 11) is 0. The molecule has 0 bridgehead atoms. The van der Waals surface area contributed by atoms with Gasteiger partial charge in [0.1, 0.15) is 0 Å². The highest BCUT2D eigenvalue weighted by Crippen LogP contribution is 1.86. The summed E-state index contributed by atoms with van der Waals surface area (Å²) in [5.41, 5.74) is 0. The van der Waals surface area contributed by atoms with Gasteiger partial charge in [0.15, 0.2) is 0 Å². The Balaban J connectivity index is 3.07. The van der Waals surface area contributed by atoms with Crippen LogP contribution in [0.1, 0.15) is 33.6 Å². The minimum atomic E-state index is 0.474. The summed E-state index contributed by atoms with van der Waals surface area (Å²) in [6.45, 7) is 6.34. The highest BCUT2D eigenvalue weighted by atomic mass is 14.7. The predicted octanol–water partition coefficient (Wildman–Crippen LogP) is 2.27. The number of hydrogen-bond donors (Lipinski definition) is 0. The lowest BCUT2D eigenvalue weighted by Gasteiger charge is -1.91. The third kappa shape index (κ3) is 5.67. The minimum absolute atomic E-state index is 0.474. The molecule has 0 fully saturated rings. The fraction of sp³-hybridized carbons (Fsp3) is 0.857. The Morgan fingerprint density at radius 3 is 2.50 bits per heavy atom. The van der Waals surface area contributed by atoms with Crippen molar-refractivity contribution in [3.05, 3.63) is 0 Å². The van der Waals surface area contributed by atoms with Crippen LogP contribution in [0.4, 0.5) is 0 Å². The summed E-state index contributed by atoms with van der Waals surface area (Å²) in [5, 5.41) is 0. The molecule has 0 spiro atoms. The van der Waals surface area contributed by atoms with E-state index in [1.807, 2.05) is 6.21 Å². The molecule has 0 aromatic heterocycles. The molecule has 0 unspecified atom stereocenters. The average Bonchev–Trinajstić information content (AvgIpc) is 1.66. The highest BCUT2D eigenvalue weighted by molar-refractivity contribution is 5.57. The first-order valence-electron chi connectivity index (χ1n) is 3.29. The molecule has 0 rings (SSSR count). The fourth-order valence-electron chi connectivity index (χ4n) is 0.414. The summed E-state index contributed by atoms with van der Waals surface area (Å²) in [5.74, 6) is 0. The molecule has 0 N–H and O–H groups in total. The zero-order chi connectivity index (χ0) is 6.41. The quantitative estimate of drug-likeness (QED) is 0.498. The molecule has 0 aliphatic rings. The van der Waals surface area contributed by atoms with Crippen LogP contribution < -0.4 is 0 Å². The van der Waals surface area contributed by atoms with Gasteiger partial charge in [-0.05, 0) is 26.5 Å². The second-order valence-corrected chi connectivity index (χ2v) is 2.21. The third-order valence-corrected chi connectivity index (χ3v) is 0.821. The molecule has 8 heavy (non-hydrogen) atoms. The maximum Gasteiger partial charge on any atom is 0.0439 e. The Bertz CT molecular complexity index is 64.8. The zero-order valence-electron chi connectivity index (χ0n) is 6.02. The van der Waals surface area contributed by atoms with Crippen molar-refractivity contribution in [3.8, 4) is 0 Å². The summed E-state index contributed by atoms with van der Waals surface area (Å²) < 4.78 is 0. The van der Waals surface area contributed by atoms with Crippen LogP contribution in [0.2, 0.25) is 0 Å². The predicted molar refractivity (Wildman–Crippen MR) is 38.5 cm³/mol. The van der Waals surface area contributed by atoms with Crippen LogP contribution in [0.5, 0.6) is 0 Å². The largest absolute Gasteiger partial charge is 0.295 e. The van der Waals surface area contributed by atoms with E-state index < -0.39 is 0 Å². The van der Waals surface area contributed by atoms with Gasteiger partial charge >= 0.3 is 0 Å². The molecule has 0 aliphatic carbocycles. The smallest absolute Gasteiger partial charge is 0.0439 e. The third-order valence-electron chi connectivity index (χ3n) is 0.821. The van der Waals surface area contributed by atoms with Crippen LogP contribution in [0.25, 0.3) is 0 Å². The molecule has 48 valence electrons. The number of rotatable bonds is 3. The second-order valence-electron chi connectivity index (χ2n) is 2.21. The summed E-state index contributed by atoms with van der Waals surface area (Å²) in [6.07, 6.45) is 4.33. The van der Waals surface area contributed by atoms with E-state index in [0.29, 0.717) is 6.04 Å². The maximum atomic E-state index is 4.19. The molecule has 0 aromatic rings. The van der Waals surface area contributed by atoms with Crippen LogP contribution in [-0.2, 0) is 0 Å². The minimum Gasteiger partial charge on any atom is -0.295 e. The van der Waals surface area contributed by atoms with Crippen molar-refractivity contribution in [1.82, 2.24) is 0 Å². The van der Waals surface area contributed by atoms with Crippen molar-refractivity contribution in [1.29, 1.82) is 0 Å². The van der Waals surface area contributed by atoms with Crippen LogP contribution in [0.15, 0.2) is 4.99 Å². The van der Waals surface area contributed by atoms with Crippen LogP contribution in [-0.4, -0.2) is 12.3 Å².